The minimum Gasteiger partial charge on any atom is -0.461 e. The zero-order chi connectivity index (χ0) is 13.1. The number of ether oxygens (including phenoxy) is 1. The molecule has 18 heavy (non-hydrogen) atoms. The van der Waals surface area contributed by atoms with Crippen molar-refractivity contribution in [2.24, 2.45) is 0 Å². The Morgan fingerprint density at radius 1 is 1.50 bits per heavy atom. The van der Waals surface area contributed by atoms with E-state index in [0.717, 1.165) is 0 Å². The molecule has 0 spiro atoms. The molecule has 4 nitrogen and oxygen atoms in total. The van der Waals surface area contributed by atoms with Gasteiger partial charge in [-0.25, -0.2) is 9.18 Å². The van der Waals surface area contributed by atoms with Crippen LogP contribution in [0.25, 0.3) is 0 Å². The van der Waals surface area contributed by atoms with Crippen LogP contribution in [0.4, 0.5) is 10.1 Å². The van der Waals surface area contributed by atoms with E-state index < -0.39 is 11.9 Å². The Hall–Kier alpha value is -1.69. The fourth-order valence-electron chi connectivity index (χ4n) is 1.75. The molecule has 1 saturated heterocycles. The number of rotatable bonds is 2. The minimum absolute atomic E-state index is 0.119. The lowest BCUT2D eigenvalue weighted by Crippen LogP contribution is -2.40. The van der Waals surface area contributed by atoms with Gasteiger partial charge in [0.1, 0.15) is 18.0 Å². The topological polar surface area (TPSA) is 50.4 Å². The second-order valence-corrected chi connectivity index (χ2v) is 4.52. The van der Waals surface area contributed by atoms with E-state index in [-0.39, 0.29) is 22.9 Å². The second-order valence-electron chi connectivity index (χ2n) is 4.11. The molecule has 2 rings (SSSR count). The molecule has 0 aromatic heterocycles. The van der Waals surface area contributed by atoms with Crippen molar-refractivity contribution in [3.8, 4) is 0 Å². The average molecular weight is 268 g/mol. The zero-order valence-electron chi connectivity index (χ0n) is 9.77. The molecule has 1 fully saturated rings. The van der Waals surface area contributed by atoms with Gasteiger partial charge in [0.05, 0.1) is 5.69 Å². The smallest absolute Gasteiger partial charge is 0.329 e. The Kier molecular flexibility index (Phi) is 3.76. The van der Waals surface area contributed by atoms with Gasteiger partial charge in [-0.3, -0.25) is 0 Å². The number of hydrogen-bond donors (Lipinski definition) is 2. The molecule has 0 amide bonds. The van der Waals surface area contributed by atoms with Gasteiger partial charge in [-0.1, -0.05) is 12.1 Å². The maximum Gasteiger partial charge on any atom is 0.329 e. The van der Waals surface area contributed by atoms with Gasteiger partial charge >= 0.3 is 5.97 Å². The van der Waals surface area contributed by atoms with E-state index in [9.17, 15) is 9.18 Å². The van der Waals surface area contributed by atoms with Crippen LogP contribution >= 0.6 is 12.2 Å². The number of para-hydroxylation sites is 1. The zero-order valence-corrected chi connectivity index (χ0v) is 10.6. The standard InChI is InChI=1S/C12H13FN2O2S/c1-7-6-10(11(16)17-7)15-12(18)14-9-5-3-2-4-8(9)13/h2-5,7,10H,6H2,1H3,(H2,14,15,18)/t7-,10-/m0/s1. The van der Waals surface area contributed by atoms with Crippen molar-refractivity contribution >= 4 is 29.0 Å². The summed E-state index contributed by atoms with van der Waals surface area (Å²) in [6, 6.07) is 5.72. The Morgan fingerprint density at radius 2 is 2.22 bits per heavy atom. The molecule has 1 aliphatic rings. The number of carbonyl (C=O) groups is 1. The van der Waals surface area contributed by atoms with Crippen molar-refractivity contribution < 1.29 is 13.9 Å². The van der Waals surface area contributed by atoms with Crippen LogP contribution in [0.3, 0.4) is 0 Å². The molecule has 0 radical (unpaired) electrons. The predicted molar refractivity (Wildman–Crippen MR) is 69.7 cm³/mol. The molecule has 96 valence electrons. The Bertz CT molecular complexity index is 481. The summed E-state index contributed by atoms with van der Waals surface area (Å²) >= 11 is 5.03. The lowest BCUT2D eigenvalue weighted by atomic mass is 10.2. The number of cyclic esters (lactones) is 1. The van der Waals surface area contributed by atoms with Crippen LogP contribution < -0.4 is 10.6 Å². The molecular formula is C12H13FN2O2S. The maximum absolute atomic E-state index is 13.4. The normalized spacial score (nSPS) is 22.4. The van der Waals surface area contributed by atoms with E-state index >= 15 is 0 Å². The summed E-state index contributed by atoms with van der Waals surface area (Å²) in [6.07, 6.45) is 0.434. The fraction of sp³-hybridized carbons (Fsp3) is 0.333. The lowest BCUT2D eigenvalue weighted by Gasteiger charge is -2.13. The maximum atomic E-state index is 13.4. The van der Waals surface area contributed by atoms with E-state index in [4.69, 9.17) is 17.0 Å². The van der Waals surface area contributed by atoms with Gasteiger partial charge in [-0.2, -0.15) is 0 Å². The van der Waals surface area contributed by atoms with Crippen LogP contribution in [-0.2, 0) is 9.53 Å². The van der Waals surface area contributed by atoms with Crippen LogP contribution in [0.5, 0.6) is 0 Å². The highest BCUT2D eigenvalue weighted by molar-refractivity contribution is 7.80. The first-order valence-corrected chi connectivity index (χ1v) is 5.99. The van der Waals surface area contributed by atoms with Crippen molar-refractivity contribution in [1.29, 1.82) is 0 Å². The van der Waals surface area contributed by atoms with E-state index in [0.29, 0.717) is 6.42 Å². The van der Waals surface area contributed by atoms with Gasteiger partial charge in [-0.05, 0) is 31.3 Å². The molecule has 0 saturated carbocycles. The average Bonchev–Trinajstić information content (AvgIpc) is 2.61. The van der Waals surface area contributed by atoms with E-state index in [1.165, 1.54) is 6.07 Å². The number of thiocarbonyl (C=S) groups is 1. The molecule has 1 aromatic carbocycles. The highest BCUT2D eigenvalue weighted by Gasteiger charge is 2.32. The predicted octanol–water partition coefficient (Wildman–Crippen LogP) is 1.82. The van der Waals surface area contributed by atoms with E-state index in [1.54, 1.807) is 18.2 Å². The van der Waals surface area contributed by atoms with Gasteiger partial charge < -0.3 is 15.4 Å². The molecule has 0 aliphatic carbocycles. The molecule has 2 atom stereocenters. The second kappa shape index (κ2) is 5.30. The molecule has 6 heteroatoms. The summed E-state index contributed by atoms with van der Waals surface area (Å²) in [6.45, 7) is 1.81. The first kappa shape index (κ1) is 12.8. The molecule has 1 heterocycles. The fourth-order valence-corrected chi connectivity index (χ4v) is 2.01. The quantitative estimate of drug-likeness (QED) is 0.633. The number of nitrogens with one attached hydrogen (secondary N) is 2. The third-order valence-corrected chi connectivity index (χ3v) is 2.82. The van der Waals surface area contributed by atoms with Gasteiger partial charge in [0.15, 0.2) is 5.11 Å². The van der Waals surface area contributed by atoms with Crippen LogP contribution in [0.15, 0.2) is 24.3 Å². The summed E-state index contributed by atoms with van der Waals surface area (Å²) in [5, 5.41) is 5.73. The third kappa shape index (κ3) is 2.95. The Labute approximate surface area is 110 Å². The van der Waals surface area contributed by atoms with Gasteiger partial charge in [0, 0.05) is 6.42 Å². The number of carbonyl (C=O) groups excluding carboxylic acids is 1. The SMILES string of the molecule is C[C@H]1C[C@H](NC(=S)Nc2ccccc2F)C(=O)O1. The summed E-state index contributed by atoms with van der Waals surface area (Å²) in [5.41, 5.74) is 0.273. The van der Waals surface area contributed by atoms with Crippen LogP contribution in [0, 0.1) is 5.82 Å². The lowest BCUT2D eigenvalue weighted by molar-refractivity contribution is -0.142. The number of benzene rings is 1. The Morgan fingerprint density at radius 3 is 2.83 bits per heavy atom. The minimum atomic E-state index is -0.466. The summed E-state index contributed by atoms with van der Waals surface area (Å²) in [7, 11) is 0. The summed E-state index contributed by atoms with van der Waals surface area (Å²) in [4.78, 5) is 11.4. The Balaban J connectivity index is 1.94. The van der Waals surface area contributed by atoms with Gasteiger partial charge in [-0.15, -0.1) is 0 Å². The van der Waals surface area contributed by atoms with Gasteiger partial charge in [0.25, 0.3) is 0 Å². The van der Waals surface area contributed by atoms with Crippen molar-refractivity contribution in [3.63, 3.8) is 0 Å². The molecule has 2 N–H and O–H groups in total. The van der Waals surface area contributed by atoms with Crippen molar-refractivity contribution in [3.05, 3.63) is 30.1 Å². The third-order valence-electron chi connectivity index (χ3n) is 2.60. The molecule has 1 aromatic rings. The first-order valence-electron chi connectivity index (χ1n) is 5.59. The molecule has 0 bridgehead atoms. The van der Waals surface area contributed by atoms with Crippen molar-refractivity contribution in [2.45, 2.75) is 25.5 Å². The van der Waals surface area contributed by atoms with Gasteiger partial charge in [0.2, 0.25) is 0 Å². The van der Waals surface area contributed by atoms with E-state index in [1.807, 2.05) is 6.92 Å². The van der Waals surface area contributed by atoms with Crippen molar-refractivity contribution in [2.75, 3.05) is 5.32 Å². The van der Waals surface area contributed by atoms with Crippen LogP contribution in [0.1, 0.15) is 13.3 Å². The number of esters is 1. The molecule has 1 aliphatic heterocycles. The first-order chi connectivity index (χ1) is 8.56. The van der Waals surface area contributed by atoms with Crippen molar-refractivity contribution in [1.82, 2.24) is 5.32 Å². The highest BCUT2D eigenvalue weighted by atomic mass is 32.1. The van der Waals surface area contributed by atoms with Crippen LogP contribution in [0.2, 0.25) is 0 Å². The van der Waals surface area contributed by atoms with Crippen LogP contribution in [-0.4, -0.2) is 23.2 Å². The van der Waals surface area contributed by atoms with E-state index in [2.05, 4.69) is 10.6 Å². The monoisotopic (exact) mass is 268 g/mol. The highest BCUT2D eigenvalue weighted by Crippen LogP contribution is 2.15. The molecule has 0 unspecified atom stereocenters. The molecular weight excluding hydrogens is 255 g/mol. The number of hydrogen-bond acceptors (Lipinski definition) is 3. The number of anilines is 1. The number of halogens is 1. The summed E-state index contributed by atoms with van der Waals surface area (Å²) < 4.78 is 18.3. The largest absolute Gasteiger partial charge is 0.461 e. The summed E-state index contributed by atoms with van der Waals surface area (Å²) in [5.74, 6) is -0.732.